The predicted octanol–water partition coefficient (Wildman–Crippen LogP) is 23.0. The van der Waals surface area contributed by atoms with Gasteiger partial charge < -0.3 is 33.8 Å². The highest BCUT2D eigenvalue weighted by Crippen LogP contribution is 2.45. The number of phosphoric acid groups is 2. The zero-order valence-corrected chi connectivity index (χ0v) is 66.2. The summed E-state index contributed by atoms with van der Waals surface area (Å²) in [6, 6.07) is 0. The van der Waals surface area contributed by atoms with Crippen LogP contribution in [0.25, 0.3) is 0 Å². The molecule has 0 spiro atoms. The highest BCUT2D eigenvalue weighted by molar-refractivity contribution is 7.47. The van der Waals surface area contributed by atoms with Crippen LogP contribution in [0, 0.1) is 0 Å². The molecule has 17 nitrogen and oxygen atoms in total. The zero-order valence-electron chi connectivity index (χ0n) is 64.4. The average molecular weight is 1490 g/mol. The third-order valence-electron chi connectivity index (χ3n) is 15.7. The molecule has 5 unspecified atom stereocenters. The maximum absolute atomic E-state index is 13.1. The third kappa shape index (κ3) is 74.7. The second-order valence-electron chi connectivity index (χ2n) is 25.5. The number of phosphoric ester groups is 2. The van der Waals surface area contributed by atoms with E-state index in [1.54, 1.807) is 12.2 Å². The first-order valence-electron chi connectivity index (χ1n) is 39.4. The van der Waals surface area contributed by atoms with Gasteiger partial charge >= 0.3 is 39.5 Å². The van der Waals surface area contributed by atoms with Gasteiger partial charge in [-0.1, -0.05) is 307 Å². The molecule has 0 fully saturated rings. The lowest BCUT2D eigenvalue weighted by Gasteiger charge is -2.21. The van der Waals surface area contributed by atoms with Crippen molar-refractivity contribution in [3.05, 3.63) is 170 Å². The zero-order chi connectivity index (χ0) is 76.0. The Bertz CT molecular complexity index is 2640. The van der Waals surface area contributed by atoms with Crippen molar-refractivity contribution in [2.24, 2.45) is 0 Å². The van der Waals surface area contributed by atoms with E-state index < -0.39 is 97.5 Å². The van der Waals surface area contributed by atoms with Crippen molar-refractivity contribution in [2.45, 2.75) is 303 Å². The van der Waals surface area contributed by atoms with Gasteiger partial charge in [-0.2, -0.15) is 0 Å². The lowest BCUT2D eigenvalue weighted by atomic mass is 10.0. The molecule has 19 heteroatoms. The Morgan fingerprint density at radius 1 is 0.288 bits per heavy atom. The molecule has 5 atom stereocenters. The fourth-order valence-corrected chi connectivity index (χ4v) is 11.4. The van der Waals surface area contributed by atoms with E-state index in [2.05, 4.69) is 155 Å². The van der Waals surface area contributed by atoms with Crippen molar-refractivity contribution in [3.8, 4) is 0 Å². The summed E-state index contributed by atoms with van der Waals surface area (Å²) in [5.74, 6) is -2.45. The number of hydrogen-bond acceptors (Lipinski definition) is 15. The Labute approximate surface area is 629 Å². The van der Waals surface area contributed by atoms with Gasteiger partial charge in [0.1, 0.15) is 19.3 Å². The molecule has 0 aliphatic heterocycles. The number of esters is 4. The number of unbranched alkanes of at least 4 members (excludes halogenated alkanes) is 19. The van der Waals surface area contributed by atoms with Gasteiger partial charge in [0.25, 0.3) is 0 Å². The highest BCUT2D eigenvalue weighted by Gasteiger charge is 2.30. The van der Waals surface area contributed by atoms with Crippen LogP contribution in [0.4, 0.5) is 0 Å². The number of rotatable bonds is 72. The summed E-state index contributed by atoms with van der Waals surface area (Å²) in [5, 5.41) is 10.6. The minimum atomic E-state index is -5.02. The lowest BCUT2D eigenvalue weighted by molar-refractivity contribution is -0.161. The fraction of sp³-hybridized carbons (Fsp3) is 0.624. The Morgan fingerprint density at radius 3 is 0.913 bits per heavy atom. The number of hydrogen-bond donors (Lipinski definition) is 3. The molecule has 0 aromatic heterocycles. The summed E-state index contributed by atoms with van der Waals surface area (Å²) in [6.07, 6.45) is 89.6. The van der Waals surface area contributed by atoms with Gasteiger partial charge in [-0.3, -0.25) is 37.3 Å². The first kappa shape index (κ1) is 98.4. The van der Waals surface area contributed by atoms with E-state index >= 15 is 0 Å². The fourth-order valence-electron chi connectivity index (χ4n) is 9.87. The van der Waals surface area contributed by atoms with Crippen LogP contribution in [0.3, 0.4) is 0 Å². The van der Waals surface area contributed by atoms with Crippen molar-refractivity contribution in [3.63, 3.8) is 0 Å². The number of aliphatic hydroxyl groups is 1. The van der Waals surface area contributed by atoms with Crippen LogP contribution < -0.4 is 0 Å². The number of ether oxygens (including phenoxy) is 4. The number of aliphatic hydroxyl groups excluding tert-OH is 1. The number of allylic oxidation sites excluding steroid dienone is 27. The van der Waals surface area contributed by atoms with Crippen LogP contribution in [0.2, 0.25) is 0 Å². The minimum absolute atomic E-state index is 0.0106. The van der Waals surface area contributed by atoms with Crippen LogP contribution in [0.1, 0.15) is 285 Å². The average Bonchev–Trinajstić information content (AvgIpc) is 0.918. The Hall–Kier alpha value is -5.58. The number of carbonyl (C=O) groups excluding carboxylic acids is 4. The lowest BCUT2D eigenvalue weighted by Crippen LogP contribution is -2.30. The standard InChI is InChI=1S/C85H138O17P2/c1-5-9-13-17-21-25-29-33-37-38-39-40-44-46-50-54-58-62-66-70-83(88)96-76-81(102-85(90)72-68-64-60-56-52-48-43-36-32-28-24-20-16-12-8-4)78-100-104(93,94)98-74-79(86)73-97-103(91,92)99-77-80(101-84(89)71-67-63-59-55-51-47-42-35-31-27-23-19-15-11-7-3)75-95-82(87)69-65-61-57-53-49-45-41-34-30-26-22-18-14-10-6-2/h9-10,12-14,16,21-22,24-26,28,33-34,36-37,39-41,43,46,50,52,56,58,62,64,68,79-81,86H,5-8,11,15,17-20,23,27,29-32,35,38,42,44-45,47-49,51,53-55,57,59-61,63,65-67,69-78H2,1-4H3,(H,91,92)(H,93,94)/b13-9-,14-10-,16-12-,25-21-,26-22-,28-24-,37-33-,40-39-,41-34-,43-36-,50-46-,56-52-,62-58-,68-64-. The maximum atomic E-state index is 13.1. The summed E-state index contributed by atoms with van der Waals surface area (Å²) < 4.78 is 68.3. The summed E-state index contributed by atoms with van der Waals surface area (Å²) >= 11 is 0. The molecule has 590 valence electrons. The summed E-state index contributed by atoms with van der Waals surface area (Å²) in [7, 11) is -10.0. The molecule has 0 rings (SSSR count). The quantitative estimate of drug-likeness (QED) is 0.0169. The molecule has 0 aliphatic rings. The van der Waals surface area contributed by atoms with E-state index in [0.717, 1.165) is 135 Å². The second-order valence-corrected chi connectivity index (χ2v) is 28.4. The van der Waals surface area contributed by atoms with Crippen LogP contribution in [-0.4, -0.2) is 96.7 Å². The smallest absolute Gasteiger partial charge is 0.462 e. The number of carbonyl (C=O) groups is 4. The Morgan fingerprint density at radius 2 is 0.558 bits per heavy atom. The van der Waals surface area contributed by atoms with Crippen molar-refractivity contribution in [1.29, 1.82) is 0 Å². The topological polar surface area (TPSA) is 237 Å². The van der Waals surface area contributed by atoms with Gasteiger partial charge in [0, 0.05) is 19.3 Å². The molecule has 0 amide bonds. The van der Waals surface area contributed by atoms with Gasteiger partial charge in [0.15, 0.2) is 12.2 Å². The van der Waals surface area contributed by atoms with Crippen molar-refractivity contribution in [2.75, 3.05) is 39.6 Å². The van der Waals surface area contributed by atoms with Gasteiger partial charge in [0.05, 0.1) is 32.8 Å². The van der Waals surface area contributed by atoms with E-state index in [1.165, 1.54) is 64.2 Å². The first-order valence-corrected chi connectivity index (χ1v) is 42.4. The summed E-state index contributed by atoms with van der Waals surface area (Å²) in [6.45, 7) is 4.31. The molecular weight excluding hydrogens is 1350 g/mol. The van der Waals surface area contributed by atoms with E-state index in [4.69, 9.17) is 37.0 Å². The largest absolute Gasteiger partial charge is 0.472 e. The predicted molar refractivity (Wildman–Crippen MR) is 426 cm³/mol. The van der Waals surface area contributed by atoms with Crippen molar-refractivity contribution >= 4 is 39.5 Å². The molecule has 0 heterocycles. The molecule has 0 saturated heterocycles. The second kappa shape index (κ2) is 75.6. The monoisotopic (exact) mass is 1490 g/mol. The third-order valence-corrected chi connectivity index (χ3v) is 17.6. The SMILES string of the molecule is CC/C=C\C/C=C\C/C=C\C/C=C\C/C=C\C/C=C\CCC(=O)OCC(COP(=O)(O)OCC(O)COP(=O)(O)OCC(COC(=O)CCCCCCC/C=C\C/C=C\C/C=C\CC)OC(=O)CCCCCCCCCCCCCCCCC)OC(=O)C/C=C\C/C=C\C/C=C\C/C=C\C/C=C\CC. The molecule has 0 bridgehead atoms. The normalized spacial score (nSPS) is 14.8. The molecule has 3 N–H and O–H groups in total. The van der Waals surface area contributed by atoms with Crippen LogP contribution in [0.5, 0.6) is 0 Å². The summed E-state index contributed by atoms with van der Waals surface area (Å²) in [4.78, 5) is 72.9. The molecule has 0 radical (unpaired) electrons. The van der Waals surface area contributed by atoms with E-state index in [1.807, 2.05) is 30.4 Å². The van der Waals surface area contributed by atoms with Gasteiger partial charge in [-0.25, -0.2) is 9.13 Å². The van der Waals surface area contributed by atoms with Crippen LogP contribution in [-0.2, 0) is 65.4 Å². The molecular formula is C85H138O17P2. The van der Waals surface area contributed by atoms with E-state index in [-0.39, 0.29) is 25.7 Å². The van der Waals surface area contributed by atoms with Crippen molar-refractivity contribution in [1.82, 2.24) is 0 Å². The van der Waals surface area contributed by atoms with Crippen LogP contribution >= 0.6 is 15.6 Å². The minimum Gasteiger partial charge on any atom is -0.462 e. The van der Waals surface area contributed by atoms with Gasteiger partial charge in [-0.15, -0.1) is 0 Å². The van der Waals surface area contributed by atoms with Crippen LogP contribution in [0.15, 0.2) is 170 Å². The first-order chi connectivity index (χ1) is 50.7. The highest BCUT2D eigenvalue weighted by atomic mass is 31.2. The van der Waals surface area contributed by atoms with Gasteiger partial charge in [-0.05, 0) is 122 Å². The van der Waals surface area contributed by atoms with Crippen molar-refractivity contribution < 1.29 is 80.2 Å². The molecule has 0 aliphatic carbocycles. The Balaban J connectivity index is 5.51. The molecule has 0 saturated carbocycles. The molecule has 0 aromatic carbocycles. The maximum Gasteiger partial charge on any atom is 0.472 e. The Kier molecular flexibility index (Phi) is 71.6. The molecule has 104 heavy (non-hydrogen) atoms. The van der Waals surface area contributed by atoms with E-state index in [9.17, 15) is 43.2 Å². The van der Waals surface area contributed by atoms with Gasteiger partial charge in [0.2, 0.25) is 0 Å². The molecule has 0 aromatic rings. The van der Waals surface area contributed by atoms with E-state index in [0.29, 0.717) is 32.1 Å². The summed E-state index contributed by atoms with van der Waals surface area (Å²) in [5.41, 5.74) is 0.